The van der Waals surface area contributed by atoms with E-state index in [0.717, 1.165) is 0 Å². The lowest BCUT2D eigenvalue weighted by atomic mass is 9.87. The highest BCUT2D eigenvalue weighted by molar-refractivity contribution is 5.93. The van der Waals surface area contributed by atoms with Crippen molar-refractivity contribution in [1.82, 2.24) is 19.5 Å². The maximum Gasteiger partial charge on any atom is 0.413 e. The molecule has 1 fully saturated rings. The Labute approximate surface area is 162 Å². The minimum Gasteiger partial charge on any atom is -0.444 e. The molecule has 0 spiro atoms. The van der Waals surface area contributed by atoms with E-state index in [0.29, 0.717) is 12.8 Å². The summed E-state index contributed by atoms with van der Waals surface area (Å²) in [4.78, 5) is 23.8. The zero-order chi connectivity index (χ0) is 20.7. The van der Waals surface area contributed by atoms with Gasteiger partial charge in [0.05, 0.1) is 6.33 Å². The maximum absolute atomic E-state index is 14.1. The highest BCUT2D eigenvalue weighted by Gasteiger charge is 2.45. The summed E-state index contributed by atoms with van der Waals surface area (Å²) in [7, 11) is 0. The van der Waals surface area contributed by atoms with Crippen LogP contribution in [-0.2, 0) is 9.47 Å². The molecule has 1 amide bonds. The first-order valence-electron chi connectivity index (χ1n) is 9.14. The van der Waals surface area contributed by atoms with Crippen LogP contribution in [0.3, 0.4) is 0 Å². The number of hydrogen-bond donors (Lipinski definition) is 1. The molecule has 9 heteroatoms. The Morgan fingerprint density at radius 2 is 2.25 bits per heavy atom. The van der Waals surface area contributed by atoms with Gasteiger partial charge in [0.1, 0.15) is 17.4 Å². The molecule has 1 aliphatic rings. The topological polar surface area (TPSA) is 91.2 Å². The van der Waals surface area contributed by atoms with Crippen LogP contribution in [0.25, 0.3) is 11.2 Å². The smallest absolute Gasteiger partial charge is 0.413 e. The summed E-state index contributed by atoms with van der Waals surface area (Å²) in [5, 5.41) is 2.43. The number of rotatable bonds is 3. The molecule has 2 aromatic heterocycles. The average molecular weight is 389 g/mol. The van der Waals surface area contributed by atoms with Crippen molar-refractivity contribution >= 4 is 23.1 Å². The van der Waals surface area contributed by atoms with Crippen molar-refractivity contribution < 1.29 is 18.7 Å². The largest absolute Gasteiger partial charge is 0.444 e. The number of ether oxygens (including phenoxy) is 2. The summed E-state index contributed by atoms with van der Waals surface area (Å²) >= 11 is 0. The minimum atomic E-state index is -0.995. The van der Waals surface area contributed by atoms with Crippen LogP contribution in [0.2, 0.25) is 0 Å². The van der Waals surface area contributed by atoms with Crippen LogP contribution >= 0.6 is 0 Å². The monoisotopic (exact) mass is 389 g/mol. The number of amides is 1. The van der Waals surface area contributed by atoms with Crippen LogP contribution in [-0.4, -0.2) is 36.8 Å². The van der Waals surface area contributed by atoms with Gasteiger partial charge < -0.3 is 9.47 Å². The van der Waals surface area contributed by atoms with E-state index in [-0.39, 0.29) is 22.9 Å². The molecule has 150 valence electrons. The van der Waals surface area contributed by atoms with Crippen molar-refractivity contribution in [3.8, 4) is 12.3 Å². The van der Waals surface area contributed by atoms with E-state index in [4.69, 9.17) is 15.9 Å². The molecule has 0 unspecified atom stereocenters. The molecule has 1 aliphatic heterocycles. The Balaban J connectivity index is 1.95. The molecule has 28 heavy (non-hydrogen) atoms. The number of halogens is 1. The highest BCUT2D eigenvalue weighted by atomic mass is 19.1. The van der Waals surface area contributed by atoms with Crippen molar-refractivity contribution in [2.45, 2.75) is 64.9 Å². The first kappa shape index (κ1) is 20.0. The number of anilines is 1. The van der Waals surface area contributed by atoms with Gasteiger partial charge in [0.2, 0.25) is 0 Å². The van der Waals surface area contributed by atoms with Gasteiger partial charge in [0.25, 0.3) is 0 Å². The third kappa shape index (κ3) is 3.64. The van der Waals surface area contributed by atoms with E-state index in [1.807, 2.05) is 13.8 Å². The molecule has 0 aromatic carbocycles. The lowest BCUT2D eigenvalue weighted by Gasteiger charge is -2.25. The predicted molar refractivity (Wildman–Crippen MR) is 101 cm³/mol. The Hall–Kier alpha value is -2.73. The van der Waals surface area contributed by atoms with Crippen LogP contribution in [0.4, 0.5) is 15.0 Å². The molecular formula is C19H24FN5O3. The minimum absolute atomic E-state index is 0.0692. The summed E-state index contributed by atoms with van der Waals surface area (Å²) in [6, 6.07) is 0. The number of imidazole rings is 1. The van der Waals surface area contributed by atoms with Crippen molar-refractivity contribution in [2.24, 2.45) is 5.92 Å². The second-order valence-electron chi connectivity index (χ2n) is 7.89. The van der Waals surface area contributed by atoms with Gasteiger partial charge in [-0.1, -0.05) is 19.8 Å². The molecule has 1 saturated heterocycles. The van der Waals surface area contributed by atoms with Crippen LogP contribution in [0, 0.1) is 24.3 Å². The SMILES string of the molecule is C#C[C@]1(CC)O[C@@H](n2cnc3c(NC(=O)OC(C)(C)C)nc(F)nc32)C[C@@H]1C. The van der Waals surface area contributed by atoms with E-state index < -0.39 is 29.6 Å². The number of carbonyl (C=O) groups is 1. The number of nitrogens with zero attached hydrogens (tertiary/aromatic N) is 4. The summed E-state index contributed by atoms with van der Waals surface area (Å²) in [6.45, 7) is 9.16. The zero-order valence-electron chi connectivity index (χ0n) is 16.6. The molecule has 0 radical (unpaired) electrons. The number of nitrogens with one attached hydrogen (secondary N) is 1. The molecule has 0 bridgehead atoms. The van der Waals surface area contributed by atoms with E-state index in [1.165, 1.54) is 6.33 Å². The lowest BCUT2D eigenvalue weighted by Crippen LogP contribution is -2.31. The van der Waals surface area contributed by atoms with Crippen molar-refractivity contribution in [3.05, 3.63) is 12.4 Å². The summed E-state index contributed by atoms with van der Waals surface area (Å²) in [5.41, 5.74) is -0.955. The quantitative estimate of drug-likeness (QED) is 0.636. The average Bonchev–Trinajstić information content (AvgIpc) is 3.14. The Kier molecular flexibility index (Phi) is 5.02. The number of fused-ring (bicyclic) bond motifs is 1. The van der Waals surface area contributed by atoms with E-state index >= 15 is 0 Å². The normalized spacial score (nSPS) is 24.9. The lowest BCUT2D eigenvalue weighted by molar-refractivity contribution is -0.0465. The molecular weight excluding hydrogens is 365 g/mol. The summed E-state index contributed by atoms with van der Waals surface area (Å²) in [6.07, 6.45) is 6.27. The molecule has 8 nitrogen and oxygen atoms in total. The van der Waals surface area contributed by atoms with Crippen LogP contribution < -0.4 is 5.32 Å². The number of aromatic nitrogens is 4. The van der Waals surface area contributed by atoms with Gasteiger partial charge in [-0.15, -0.1) is 6.42 Å². The Morgan fingerprint density at radius 1 is 1.54 bits per heavy atom. The van der Waals surface area contributed by atoms with Gasteiger partial charge in [0, 0.05) is 5.92 Å². The highest BCUT2D eigenvalue weighted by Crippen LogP contribution is 2.43. The van der Waals surface area contributed by atoms with Crippen LogP contribution in [0.1, 0.15) is 53.7 Å². The number of carbonyl (C=O) groups excluding carboxylic acids is 1. The second-order valence-corrected chi connectivity index (χ2v) is 7.89. The van der Waals surface area contributed by atoms with Crippen molar-refractivity contribution in [1.29, 1.82) is 0 Å². The standard InChI is InChI=1S/C19H24FN5O3/c1-7-19(8-2)11(3)9-12(27-19)25-10-21-13-14(22-16(20)24-15(13)25)23-17(26)28-18(4,5)6/h1,10-12H,8-9H2,2-6H3,(H,22,23,24,26)/t11-,12+,19+/m0/s1. The predicted octanol–water partition coefficient (Wildman–Crippen LogP) is 3.65. The van der Waals surface area contributed by atoms with E-state index in [9.17, 15) is 9.18 Å². The fourth-order valence-corrected chi connectivity index (χ4v) is 3.37. The molecule has 3 rings (SSSR count). The van der Waals surface area contributed by atoms with Crippen molar-refractivity contribution in [3.63, 3.8) is 0 Å². The maximum atomic E-state index is 14.1. The van der Waals surface area contributed by atoms with Gasteiger partial charge >= 0.3 is 12.2 Å². The van der Waals surface area contributed by atoms with Crippen LogP contribution in [0.15, 0.2) is 6.33 Å². The molecule has 2 aromatic rings. The summed E-state index contributed by atoms with van der Waals surface area (Å²) < 4.78 is 27.0. The van der Waals surface area contributed by atoms with Gasteiger partial charge in [-0.2, -0.15) is 14.4 Å². The molecule has 3 heterocycles. The third-order valence-corrected chi connectivity index (χ3v) is 4.79. The molecule has 3 atom stereocenters. The van der Waals surface area contributed by atoms with E-state index in [1.54, 1.807) is 25.3 Å². The number of terminal acetylenes is 1. The van der Waals surface area contributed by atoms with Gasteiger partial charge in [-0.3, -0.25) is 9.88 Å². The molecule has 0 saturated carbocycles. The fraction of sp³-hybridized carbons (Fsp3) is 0.579. The summed E-state index contributed by atoms with van der Waals surface area (Å²) in [5.74, 6) is 2.79. The second kappa shape index (κ2) is 7.02. The molecule has 1 N–H and O–H groups in total. The fourth-order valence-electron chi connectivity index (χ4n) is 3.37. The van der Waals surface area contributed by atoms with Crippen molar-refractivity contribution in [2.75, 3.05) is 5.32 Å². The first-order chi connectivity index (χ1) is 13.1. The first-order valence-corrected chi connectivity index (χ1v) is 9.14. The molecule has 0 aliphatic carbocycles. The van der Waals surface area contributed by atoms with Crippen LogP contribution in [0.5, 0.6) is 0 Å². The Bertz CT molecular complexity index is 945. The zero-order valence-corrected chi connectivity index (χ0v) is 16.6. The van der Waals surface area contributed by atoms with Gasteiger partial charge in [-0.05, 0) is 33.6 Å². The third-order valence-electron chi connectivity index (χ3n) is 4.79. The number of hydrogen-bond acceptors (Lipinski definition) is 6. The van der Waals surface area contributed by atoms with E-state index in [2.05, 4.69) is 26.2 Å². The Morgan fingerprint density at radius 3 is 2.82 bits per heavy atom. The van der Waals surface area contributed by atoms with Gasteiger partial charge in [0.15, 0.2) is 17.0 Å². The van der Waals surface area contributed by atoms with Gasteiger partial charge in [-0.25, -0.2) is 9.78 Å².